The van der Waals surface area contributed by atoms with E-state index in [0.717, 1.165) is 56.8 Å². The number of aryl methyl sites for hydroxylation is 2. The van der Waals surface area contributed by atoms with Gasteiger partial charge in [-0.15, -0.1) is 11.3 Å². The molecule has 7 heteroatoms. The quantitative estimate of drug-likeness (QED) is 0.246. The second kappa shape index (κ2) is 10.6. The van der Waals surface area contributed by atoms with E-state index < -0.39 is 0 Å². The first-order chi connectivity index (χ1) is 17.2. The van der Waals surface area contributed by atoms with Crippen molar-refractivity contribution in [2.75, 3.05) is 6.54 Å². The number of para-hydroxylation sites is 1. The molecule has 176 valence electrons. The zero-order valence-corrected chi connectivity index (χ0v) is 19.9. The molecule has 0 atom stereocenters. The first-order valence-corrected chi connectivity index (χ1v) is 12.5. The molecule has 3 aromatic heterocycles. The lowest BCUT2D eigenvalue weighted by Crippen LogP contribution is -2.25. The van der Waals surface area contributed by atoms with Crippen molar-refractivity contribution in [1.29, 1.82) is 0 Å². The molecule has 0 fully saturated rings. The molecule has 0 bridgehead atoms. The largest absolute Gasteiger partial charge is 0.356 e. The number of hydrogen-bond acceptors (Lipinski definition) is 4. The fourth-order valence-corrected chi connectivity index (χ4v) is 5.05. The number of benzene rings is 2. The van der Waals surface area contributed by atoms with Gasteiger partial charge >= 0.3 is 0 Å². The number of H-pyrrole nitrogens is 1. The number of rotatable bonds is 9. The fraction of sp³-hybridized carbons (Fsp3) is 0.179. The number of nitrogens with zero attached hydrogens (tertiary/aromatic N) is 2. The van der Waals surface area contributed by atoms with E-state index in [2.05, 4.69) is 26.7 Å². The lowest BCUT2D eigenvalue weighted by molar-refractivity contribution is -0.121. The third kappa shape index (κ3) is 5.46. The molecule has 0 saturated carbocycles. The summed E-state index contributed by atoms with van der Waals surface area (Å²) < 4.78 is 13.4. The summed E-state index contributed by atoms with van der Waals surface area (Å²) in [5.74, 6) is -0.242. The van der Waals surface area contributed by atoms with Crippen molar-refractivity contribution in [3.8, 4) is 22.5 Å². The maximum absolute atomic E-state index is 13.4. The van der Waals surface area contributed by atoms with Crippen molar-refractivity contribution in [1.82, 2.24) is 20.3 Å². The van der Waals surface area contributed by atoms with Crippen LogP contribution < -0.4 is 5.32 Å². The van der Waals surface area contributed by atoms with E-state index in [-0.39, 0.29) is 11.7 Å². The van der Waals surface area contributed by atoms with Gasteiger partial charge in [-0.2, -0.15) is 0 Å². The molecule has 0 aliphatic rings. The van der Waals surface area contributed by atoms with Gasteiger partial charge in [-0.3, -0.25) is 9.78 Å². The molecular weight excluding hydrogens is 459 g/mol. The Morgan fingerprint density at radius 1 is 0.971 bits per heavy atom. The van der Waals surface area contributed by atoms with Crippen LogP contribution in [-0.4, -0.2) is 27.4 Å². The molecule has 35 heavy (non-hydrogen) atoms. The monoisotopic (exact) mass is 484 g/mol. The average molecular weight is 485 g/mol. The Labute approximate surface area is 207 Å². The SMILES string of the molecule is O=C(CCc1c(-c2ccc(F)cc2)[nH]c2ccccc12)NCCCc1nc(-c2ccncc2)cs1. The van der Waals surface area contributed by atoms with Crippen molar-refractivity contribution in [3.05, 3.63) is 94.8 Å². The Morgan fingerprint density at radius 2 is 1.77 bits per heavy atom. The summed E-state index contributed by atoms with van der Waals surface area (Å²) in [7, 11) is 0. The molecule has 5 rings (SSSR count). The number of aromatic amines is 1. The van der Waals surface area contributed by atoms with Crippen LogP contribution in [0.2, 0.25) is 0 Å². The normalized spacial score (nSPS) is 11.1. The fourth-order valence-electron chi connectivity index (χ4n) is 4.20. The van der Waals surface area contributed by atoms with Gasteiger partial charge in [0.15, 0.2) is 0 Å². The first kappa shape index (κ1) is 22.9. The van der Waals surface area contributed by atoms with Gasteiger partial charge < -0.3 is 10.3 Å². The molecule has 5 nitrogen and oxygen atoms in total. The zero-order valence-electron chi connectivity index (χ0n) is 19.1. The van der Waals surface area contributed by atoms with Gasteiger partial charge in [0.1, 0.15) is 5.82 Å². The minimum absolute atomic E-state index is 0.0250. The third-order valence-electron chi connectivity index (χ3n) is 5.97. The van der Waals surface area contributed by atoms with Crippen LogP contribution in [0.3, 0.4) is 0 Å². The highest BCUT2D eigenvalue weighted by atomic mass is 32.1. The number of carbonyl (C=O) groups excluding carboxylic acids is 1. The number of amides is 1. The van der Waals surface area contributed by atoms with Crippen LogP contribution in [0.25, 0.3) is 33.4 Å². The topological polar surface area (TPSA) is 70.7 Å². The van der Waals surface area contributed by atoms with Crippen LogP contribution >= 0.6 is 11.3 Å². The molecule has 2 aromatic carbocycles. The van der Waals surface area contributed by atoms with Crippen LogP contribution in [0.15, 0.2) is 78.4 Å². The number of aromatic nitrogens is 3. The van der Waals surface area contributed by atoms with Gasteiger partial charge in [0.2, 0.25) is 5.91 Å². The molecule has 0 aliphatic heterocycles. The van der Waals surface area contributed by atoms with Crippen molar-refractivity contribution in [2.24, 2.45) is 0 Å². The summed E-state index contributed by atoms with van der Waals surface area (Å²) in [6.45, 7) is 0.613. The number of thiazole rings is 1. The molecule has 5 aromatic rings. The third-order valence-corrected chi connectivity index (χ3v) is 6.87. The van der Waals surface area contributed by atoms with Gasteiger partial charge in [-0.25, -0.2) is 9.37 Å². The summed E-state index contributed by atoms with van der Waals surface area (Å²) >= 11 is 1.64. The number of nitrogens with one attached hydrogen (secondary N) is 2. The molecule has 1 amide bonds. The highest BCUT2D eigenvalue weighted by molar-refractivity contribution is 7.09. The van der Waals surface area contributed by atoms with Gasteiger partial charge in [0, 0.05) is 59.3 Å². The van der Waals surface area contributed by atoms with Crippen molar-refractivity contribution in [2.45, 2.75) is 25.7 Å². The Hall–Kier alpha value is -3.84. The lowest BCUT2D eigenvalue weighted by atomic mass is 10.0. The summed E-state index contributed by atoms with van der Waals surface area (Å²) in [6.07, 6.45) is 6.19. The predicted molar refractivity (Wildman–Crippen MR) is 139 cm³/mol. The number of halogens is 1. The molecule has 0 aliphatic carbocycles. The van der Waals surface area contributed by atoms with Crippen LogP contribution in [0.1, 0.15) is 23.4 Å². The maximum atomic E-state index is 13.4. The van der Waals surface area contributed by atoms with Crippen LogP contribution in [-0.2, 0) is 17.6 Å². The summed E-state index contributed by atoms with van der Waals surface area (Å²) in [6, 6.07) is 18.4. The van der Waals surface area contributed by atoms with Crippen LogP contribution in [0.4, 0.5) is 4.39 Å². The summed E-state index contributed by atoms with van der Waals surface area (Å²) in [5.41, 5.74) is 5.96. The van der Waals surface area contributed by atoms with E-state index in [4.69, 9.17) is 4.98 Å². The maximum Gasteiger partial charge on any atom is 0.220 e. The number of fused-ring (bicyclic) bond motifs is 1. The van der Waals surface area contributed by atoms with Gasteiger partial charge in [0.25, 0.3) is 0 Å². The first-order valence-electron chi connectivity index (χ1n) is 11.6. The molecule has 0 radical (unpaired) electrons. The zero-order chi connectivity index (χ0) is 24.0. The number of carbonyl (C=O) groups is 1. The number of pyridine rings is 1. The van der Waals surface area contributed by atoms with E-state index in [1.54, 1.807) is 35.9 Å². The van der Waals surface area contributed by atoms with Crippen molar-refractivity contribution < 1.29 is 9.18 Å². The Bertz CT molecular complexity index is 1430. The molecule has 0 unspecified atom stereocenters. The highest BCUT2D eigenvalue weighted by Crippen LogP contribution is 2.31. The van der Waals surface area contributed by atoms with E-state index in [0.29, 0.717) is 19.4 Å². The molecule has 2 N–H and O–H groups in total. The summed E-state index contributed by atoms with van der Waals surface area (Å²) in [5, 5.41) is 7.25. The minimum Gasteiger partial charge on any atom is -0.356 e. The molecular formula is C28H25FN4OS. The van der Waals surface area contributed by atoms with E-state index in [9.17, 15) is 9.18 Å². The second-order valence-electron chi connectivity index (χ2n) is 8.35. The minimum atomic E-state index is -0.267. The molecule has 0 saturated heterocycles. The van der Waals surface area contributed by atoms with Crippen LogP contribution in [0, 0.1) is 5.82 Å². The standard InChI is InChI=1S/C28H25FN4OS/c29-21-9-7-20(8-10-21)28-23(22-4-1-2-5-24(22)33-28)11-12-26(34)31-15-3-6-27-32-25(18-35-27)19-13-16-30-17-14-19/h1-2,4-5,7-10,13-14,16-18,33H,3,6,11-12,15H2,(H,31,34). The second-order valence-corrected chi connectivity index (χ2v) is 9.29. The van der Waals surface area contributed by atoms with Gasteiger partial charge in [-0.1, -0.05) is 18.2 Å². The van der Waals surface area contributed by atoms with Gasteiger partial charge in [0.05, 0.1) is 10.7 Å². The Balaban J connectivity index is 1.16. The molecule has 3 heterocycles. The van der Waals surface area contributed by atoms with Crippen molar-refractivity contribution >= 4 is 28.1 Å². The summed E-state index contributed by atoms with van der Waals surface area (Å²) in [4.78, 5) is 24.8. The number of hydrogen-bond donors (Lipinski definition) is 2. The predicted octanol–water partition coefficient (Wildman–Crippen LogP) is 6.17. The lowest BCUT2D eigenvalue weighted by Gasteiger charge is -2.07. The van der Waals surface area contributed by atoms with Gasteiger partial charge in [-0.05, 0) is 66.4 Å². The average Bonchev–Trinajstić information content (AvgIpc) is 3.51. The van der Waals surface area contributed by atoms with E-state index in [1.165, 1.54) is 12.1 Å². The van der Waals surface area contributed by atoms with E-state index in [1.807, 2.05) is 30.3 Å². The Morgan fingerprint density at radius 3 is 2.60 bits per heavy atom. The van der Waals surface area contributed by atoms with Crippen molar-refractivity contribution in [3.63, 3.8) is 0 Å². The Kier molecular flexibility index (Phi) is 6.95. The van der Waals surface area contributed by atoms with Crippen LogP contribution in [0.5, 0.6) is 0 Å². The molecule has 0 spiro atoms. The smallest absolute Gasteiger partial charge is 0.220 e. The van der Waals surface area contributed by atoms with E-state index >= 15 is 0 Å². The highest BCUT2D eigenvalue weighted by Gasteiger charge is 2.14.